The fraction of sp³-hybridized carbons (Fsp3) is 0.810. The Balaban J connectivity index is 0.00000300. The summed E-state index contributed by atoms with van der Waals surface area (Å²) in [4.78, 5) is 14.2. The van der Waals surface area contributed by atoms with Crippen molar-refractivity contribution in [2.45, 2.75) is 46.6 Å². The van der Waals surface area contributed by atoms with E-state index < -0.39 is 0 Å². The highest BCUT2D eigenvalue weighted by molar-refractivity contribution is 14.0. The molecule has 1 aromatic heterocycles. The van der Waals surface area contributed by atoms with Crippen molar-refractivity contribution >= 4 is 29.9 Å². The van der Waals surface area contributed by atoms with Crippen molar-refractivity contribution in [3.8, 4) is 0 Å². The van der Waals surface area contributed by atoms with Gasteiger partial charge in [-0.2, -0.15) is 0 Å². The van der Waals surface area contributed by atoms with Gasteiger partial charge in [-0.1, -0.05) is 0 Å². The van der Waals surface area contributed by atoms with E-state index in [1.165, 1.54) is 12.8 Å². The minimum atomic E-state index is 0. The molecule has 0 aliphatic carbocycles. The molecule has 1 aromatic rings. The van der Waals surface area contributed by atoms with Crippen molar-refractivity contribution in [1.82, 2.24) is 20.1 Å². The summed E-state index contributed by atoms with van der Waals surface area (Å²) in [6.07, 6.45) is 3.52. The van der Waals surface area contributed by atoms with Crippen LogP contribution in [-0.4, -0.2) is 73.7 Å². The lowest BCUT2D eigenvalue weighted by atomic mass is 9.97. The molecule has 0 spiro atoms. The van der Waals surface area contributed by atoms with Gasteiger partial charge in [0.25, 0.3) is 0 Å². The number of rotatable bonds is 7. The van der Waals surface area contributed by atoms with Gasteiger partial charge in [0, 0.05) is 39.2 Å². The van der Waals surface area contributed by atoms with Crippen LogP contribution >= 0.6 is 24.0 Å². The van der Waals surface area contributed by atoms with E-state index >= 15 is 0 Å². The van der Waals surface area contributed by atoms with Crippen LogP contribution < -0.4 is 5.32 Å². The van der Waals surface area contributed by atoms with Crippen molar-refractivity contribution in [2.75, 3.05) is 53.0 Å². The van der Waals surface area contributed by atoms with Gasteiger partial charge in [0.2, 0.25) is 5.89 Å². The maximum absolute atomic E-state index is 5.73. The van der Waals surface area contributed by atoms with E-state index in [2.05, 4.69) is 34.1 Å². The Labute approximate surface area is 192 Å². The highest BCUT2D eigenvalue weighted by atomic mass is 127. The molecule has 2 fully saturated rings. The lowest BCUT2D eigenvalue weighted by molar-refractivity contribution is 0.166. The topological polar surface area (TPSA) is 66.1 Å². The van der Waals surface area contributed by atoms with Gasteiger partial charge >= 0.3 is 0 Å². The largest absolute Gasteiger partial charge is 0.444 e. The summed E-state index contributed by atoms with van der Waals surface area (Å²) in [6.45, 7) is 13.7. The molecule has 7 nitrogen and oxygen atoms in total. The molecule has 1 N–H and O–H groups in total. The molecule has 0 radical (unpaired) electrons. The Bertz CT molecular complexity index is 618. The first-order chi connectivity index (χ1) is 13.5. The number of aryl methyl sites for hydroxylation is 2. The van der Waals surface area contributed by atoms with Crippen molar-refractivity contribution < 1.29 is 9.15 Å². The number of aromatic nitrogens is 1. The van der Waals surface area contributed by atoms with Gasteiger partial charge in [-0.05, 0) is 59.0 Å². The molecule has 3 rings (SSSR count). The average molecular weight is 519 g/mol. The van der Waals surface area contributed by atoms with E-state index in [-0.39, 0.29) is 24.0 Å². The number of likely N-dealkylation sites (tertiary alicyclic amines) is 1. The first-order valence-electron chi connectivity index (χ1n) is 10.8. The molecule has 0 bridgehead atoms. The van der Waals surface area contributed by atoms with Gasteiger partial charge in [-0.15, -0.1) is 24.0 Å². The molecule has 1 atom stereocenters. The standard InChI is InChI=1S/C21H37N5O2.HI/c1-5-22-21(25(4)13-19-8-11-27-15-19)23-12-18-6-9-26(10-7-18)14-20-24-16(2)17(3)28-20;/h18-19H,5-15H2,1-4H3,(H,22,23);1H. The number of nitrogens with zero attached hydrogens (tertiary/aromatic N) is 4. The Morgan fingerprint density at radius 1 is 1.24 bits per heavy atom. The van der Waals surface area contributed by atoms with Gasteiger partial charge in [-0.25, -0.2) is 4.98 Å². The van der Waals surface area contributed by atoms with Gasteiger partial charge in [0.05, 0.1) is 18.8 Å². The van der Waals surface area contributed by atoms with E-state index in [1.54, 1.807) is 0 Å². The van der Waals surface area contributed by atoms with Crippen LogP contribution in [0, 0.1) is 25.7 Å². The molecule has 29 heavy (non-hydrogen) atoms. The summed E-state index contributed by atoms with van der Waals surface area (Å²) in [6, 6.07) is 0. The van der Waals surface area contributed by atoms with Crippen LogP contribution in [0.2, 0.25) is 0 Å². The number of halogens is 1. The SMILES string of the molecule is CCNC(=NCC1CCN(Cc2nc(C)c(C)o2)CC1)N(C)CC1CCOC1.I. The lowest BCUT2D eigenvalue weighted by Crippen LogP contribution is -2.42. The van der Waals surface area contributed by atoms with Crippen molar-refractivity contribution in [2.24, 2.45) is 16.8 Å². The summed E-state index contributed by atoms with van der Waals surface area (Å²) in [5, 5.41) is 3.45. The molecule has 166 valence electrons. The number of oxazole rings is 1. The predicted molar refractivity (Wildman–Crippen MR) is 127 cm³/mol. The maximum atomic E-state index is 5.73. The summed E-state index contributed by atoms with van der Waals surface area (Å²) in [7, 11) is 2.14. The second-order valence-electron chi connectivity index (χ2n) is 8.27. The Morgan fingerprint density at radius 2 is 2.00 bits per heavy atom. The monoisotopic (exact) mass is 519 g/mol. The zero-order valence-corrected chi connectivity index (χ0v) is 20.8. The Morgan fingerprint density at radius 3 is 2.59 bits per heavy atom. The predicted octanol–water partition coefficient (Wildman–Crippen LogP) is 3.06. The van der Waals surface area contributed by atoms with Crippen LogP contribution in [0.1, 0.15) is 43.5 Å². The number of aliphatic imine (C=N–C) groups is 1. The maximum Gasteiger partial charge on any atom is 0.208 e. The van der Waals surface area contributed by atoms with Crippen LogP contribution in [0.25, 0.3) is 0 Å². The zero-order chi connectivity index (χ0) is 19.9. The fourth-order valence-corrected chi connectivity index (χ4v) is 4.01. The van der Waals surface area contributed by atoms with E-state index in [1.807, 2.05) is 13.8 Å². The minimum Gasteiger partial charge on any atom is -0.444 e. The lowest BCUT2D eigenvalue weighted by Gasteiger charge is -2.31. The molecule has 0 saturated carbocycles. The number of piperidine rings is 1. The molecule has 0 aromatic carbocycles. The quantitative estimate of drug-likeness (QED) is 0.340. The summed E-state index contributed by atoms with van der Waals surface area (Å²) in [5.74, 6) is 4.09. The molecule has 8 heteroatoms. The first-order valence-corrected chi connectivity index (χ1v) is 10.8. The smallest absolute Gasteiger partial charge is 0.208 e. The summed E-state index contributed by atoms with van der Waals surface area (Å²) in [5.41, 5.74) is 1.00. The number of guanidine groups is 1. The van der Waals surface area contributed by atoms with Crippen molar-refractivity contribution in [3.05, 3.63) is 17.3 Å². The first kappa shape index (κ1) is 24.4. The van der Waals surface area contributed by atoms with E-state index in [9.17, 15) is 0 Å². The van der Waals surface area contributed by atoms with Crippen molar-refractivity contribution in [3.63, 3.8) is 0 Å². The third kappa shape index (κ3) is 7.40. The normalized spacial score (nSPS) is 21.2. The van der Waals surface area contributed by atoms with Crippen LogP contribution in [-0.2, 0) is 11.3 Å². The highest BCUT2D eigenvalue weighted by Crippen LogP contribution is 2.20. The summed E-state index contributed by atoms with van der Waals surface area (Å²) < 4.78 is 11.2. The number of hydrogen-bond acceptors (Lipinski definition) is 5. The number of ether oxygens (including phenoxy) is 1. The van der Waals surface area contributed by atoms with Gasteiger partial charge in [-0.3, -0.25) is 9.89 Å². The Kier molecular flexibility index (Phi) is 10.2. The second kappa shape index (κ2) is 12.1. The van der Waals surface area contributed by atoms with E-state index in [4.69, 9.17) is 14.1 Å². The second-order valence-corrected chi connectivity index (χ2v) is 8.27. The molecule has 2 aliphatic rings. The molecule has 1 unspecified atom stereocenters. The minimum absolute atomic E-state index is 0. The third-order valence-electron chi connectivity index (χ3n) is 5.89. The van der Waals surface area contributed by atoms with Gasteiger partial charge in [0.15, 0.2) is 5.96 Å². The molecule has 0 amide bonds. The van der Waals surface area contributed by atoms with E-state index in [0.717, 1.165) is 82.2 Å². The number of nitrogens with one attached hydrogen (secondary N) is 1. The molecule has 3 heterocycles. The van der Waals surface area contributed by atoms with E-state index in [0.29, 0.717) is 11.8 Å². The average Bonchev–Trinajstić information content (AvgIpc) is 3.29. The van der Waals surface area contributed by atoms with Crippen LogP contribution in [0.3, 0.4) is 0 Å². The Hall–Kier alpha value is -0.870. The van der Waals surface area contributed by atoms with Crippen LogP contribution in [0.5, 0.6) is 0 Å². The molecule has 2 aliphatic heterocycles. The third-order valence-corrected chi connectivity index (χ3v) is 5.89. The fourth-order valence-electron chi connectivity index (χ4n) is 4.01. The zero-order valence-electron chi connectivity index (χ0n) is 18.4. The molecular formula is C21H38IN5O2. The van der Waals surface area contributed by atoms with Gasteiger partial charge < -0.3 is 19.4 Å². The molecule has 2 saturated heterocycles. The summed E-state index contributed by atoms with van der Waals surface area (Å²) >= 11 is 0. The molecular weight excluding hydrogens is 481 g/mol. The van der Waals surface area contributed by atoms with Crippen LogP contribution in [0.4, 0.5) is 0 Å². The van der Waals surface area contributed by atoms with Crippen molar-refractivity contribution in [1.29, 1.82) is 0 Å². The number of hydrogen-bond donors (Lipinski definition) is 1. The highest BCUT2D eigenvalue weighted by Gasteiger charge is 2.22. The van der Waals surface area contributed by atoms with Gasteiger partial charge in [0.1, 0.15) is 5.76 Å². The van der Waals surface area contributed by atoms with Crippen LogP contribution in [0.15, 0.2) is 9.41 Å².